The van der Waals surface area contributed by atoms with Crippen LogP contribution in [0.25, 0.3) is 0 Å². The second kappa shape index (κ2) is 4.28. The number of halogens is 1. The van der Waals surface area contributed by atoms with Gasteiger partial charge in [0.1, 0.15) is 5.82 Å². The summed E-state index contributed by atoms with van der Waals surface area (Å²) >= 11 is 0. The first-order chi connectivity index (χ1) is 6.80. The molecule has 0 fully saturated rings. The minimum atomic E-state index is -3.32. The molecule has 0 aliphatic rings. The number of hydrogen-bond acceptors (Lipinski definition) is 3. The number of sulfone groups is 1. The summed E-state index contributed by atoms with van der Waals surface area (Å²) in [6, 6.07) is 3.44. The molecular weight excluding hydrogens is 217 g/mol. The van der Waals surface area contributed by atoms with Gasteiger partial charge < -0.3 is 5.73 Å². The van der Waals surface area contributed by atoms with Crippen LogP contribution in [-0.2, 0) is 16.3 Å². The monoisotopic (exact) mass is 231 g/mol. The summed E-state index contributed by atoms with van der Waals surface area (Å²) < 4.78 is 35.7. The highest BCUT2D eigenvalue weighted by molar-refractivity contribution is 7.90. The Bertz CT molecular complexity index is 454. The lowest BCUT2D eigenvalue weighted by atomic mass is 10.1. The minimum absolute atomic E-state index is 0.154. The van der Waals surface area contributed by atoms with E-state index in [-0.39, 0.29) is 10.9 Å². The number of rotatable bonds is 3. The van der Waals surface area contributed by atoms with E-state index in [0.29, 0.717) is 12.0 Å². The van der Waals surface area contributed by atoms with Crippen LogP contribution >= 0.6 is 0 Å². The molecule has 0 radical (unpaired) electrons. The largest absolute Gasteiger partial charge is 0.328 e. The van der Waals surface area contributed by atoms with Gasteiger partial charge in [0, 0.05) is 12.3 Å². The zero-order valence-electron chi connectivity index (χ0n) is 8.70. The Labute approximate surface area is 89.0 Å². The number of benzene rings is 1. The summed E-state index contributed by atoms with van der Waals surface area (Å²) in [5.74, 6) is -0.446. The highest BCUT2D eigenvalue weighted by atomic mass is 32.2. The van der Waals surface area contributed by atoms with E-state index in [0.717, 1.165) is 12.3 Å². The molecule has 0 aliphatic heterocycles. The van der Waals surface area contributed by atoms with Crippen LogP contribution in [0.5, 0.6) is 0 Å². The van der Waals surface area contributed by atoms with Crippen LogP contribution in [0.1, 0.15) is 12.5 Å². The Balaban J connectivity index is 3.27. The van der Waals surface area contributed by atoms with Crippen LogP contribution in [0.2, 0.25) is 0 Å². The molecule has 0 bridgehead atoms. The third kappa shape index (κ3) is 3.28. The van der Waals surface area contributed by atoms with Crippen molar-refractivity contribution in [3.8, 4) is 0 Å². The first-order valence-corrected chi connectivity index (χ1v) is 6.44. The summed E-state index contributed by atoms with van der Waals surface area (Å²) in [6.45, 7) is 1.75. The Hall–Kier alpha value is -0.940. The van der Waals surface area contributed by atoms with Crippen molar-refractivity contribution in [2.45, 2.75) is 24.3 Å². The SMILES string of the molecule is CC(N)Cc1cc(F)ccc1S(C)(=O)=O. The predicted molar refractivity (Wildman–Crippen MR) is 56.9 cm³/mol. The van der Waals surface area contributed by atoms with E-state index in [2.05, 4.69) is 0 Å². The van der Waals surface area contributed by atoms with E-state index in [1.807, 2.05) is 0 Å². The van der Waals surface area contributed by atoms with Crippen LogP contribution in [0.15, 0.2) is 23.1 Å². The maximum Gasteiger partial charge on any atom is 0.175 e. The maximum atomic E-state index is 13.0. The van der Waals surface area contributed by atoms with Crippen molar-refractivity contribution >= 4 is 9.84 Å². The molecule has 0 saturated heterocycles. The lowest BCUT2D eigenvalue weighted by molar-refractivity contribution is 0.596. The van der Waals surface area contributed by atoms with Gasteiger partial charge in [-0.2, -0.15) is 0 Å². The van der Waals surface area contributed by atoms with Gasteiger partial charge in [0.2, 0.25) is 0 Å². The average molecular weight is 231 g/mol. The van der Waals surface area contributed by atoms with Gasteiger partial charge in [0.15, 0.2) is 9.84 Å². The van der Waals surface area contributed by atoms with E-state index < -0.39 is 15.7 Å². The van der Waals surface area contributed by atoms with E-state index in [1.54, 1.807) is 6.92 Å². The summed E-state index contributed by atoms with van der Waals surface area (Å²) in [4.78, 5) is 0.154. The lowest BCUT2D eigenvalue weighted by Gasteiger charge is -2.10. The second-order valence-electron chi connectivity index (χ2n) is 3.71. The van der Waals surface area contributed by atoms with Crippen molar-refractivity contribution in [3.63, 3.8) is 0 Å². The van der Waals surface area contributed by atoms with Crippen LogP contribution < -0.4 is 5.73 Å². The van der Waals surface area contributed by atoms with Crippen molar-refractivity contribution < 1.29 is 12.8 Å². The second-order valence-corrected chi connectivity index (χ2v) is 5.69. The highest BCUT2D eigenvalue weighted by Crippen LogP contribution is 2.18. The Morgan fingerprint density at radius 3 is 2.53 bits per heavy atom. The van der Waals surface area contributed by atoms with Crippen LogP contribution in [-0.4, -0.2) is 20.7 Å². The van der Waals surface area contributed by atoms with Gasteiger partial charge in [-0.1, -0.05) is 0 Å². The van der Waals surface area contributed by atoms with Crippen molar-refractivity contribution in [1.29, 1.82) is 0 Å². The molecule has 1 atom stereocenters. The van der Waals surface area contributed by atoms with Gasteiger partial charge in [0.05, 0.1) is 4.90 Å². The first kappa shape index (κ1) is 12.1. The summed E-state index contributed by atoms with van der Waals surface area (Å²) in [7, 11) is -3.32. The molecule has 1 rings (SSSR count). The molecule has 15 heavy (non-hydrogen) atoms. The van der Waals surface area contributed by atoms with Gasteiger partial charge in [-0.05, 0) is 37.1 Å². The molecule has 1 aromatic carbocycles. The zero-order chi connectivity index (χ0) is 11.6. The van der Waals surface area contributed by atoms with Gasteiger partial charge >= 0.3 is 0 Å². The van der Waals surface area contributed by atoms with E-state index >= 15 is 0 Å². The molecular formula is C10H14FNO2S. The molecule has 2 N–H and O–H groups in total. The Morgan fingerprint density at radius 1 is 1.47 bits per heavy atom. The zero-order valence-corrected chi connectivity index (χ0v) is 9.51. The van der Waals surface area contributed by atoms with E-state index in [1.165, 1.54) is 12.1 Å². The molecule has 3 nitrogen and oxygen atoms in total. The Kier molecular flexibility index (Phi) is 3.46. The van der Waals surface area contributed by atoms with Gasteiger partial charge in [-0.25, -0.2) is 12.8 Å². The topological polar surface area (TPSA) is 60.2 Å². The fraction of sp³-hybridized carbons (Fsp3) is 0.400. The van der Waals surface area contributed by atoms with Crippen molar-refractivity contribution in [2.75, 3.05) is 6.26 Å². The van der Waals surface area contributed by atoms with Crippen molar-refractivity contribution in [1.82, 2.24) is 0 Å². The van der Waals surface area contributed by atoms with Crippen LogP contribution in [0.3, 0.4) is 0 Å². The number of nitrogens with two attached hydrogens (primary N) is 1. The molecule has 0 amide bonds. The van der Waals surface area contributed by atoms with Gasteiger partial charge in [-0.3, -0.25) is 0 Å². The molecule has 5 heteroatoms. The molecule has 0 spiro atoms. The molecule has 1 aromatic rings. The van der Waals surface area contributed by atoms with Crippen molar-refractivity contribution in [2.24, 2.45) is 5.73 Å². The molecule has 0 saturated carbocycles. The third-order valence-corrected chi connectivity index (χ3v) is 3.16. The quantitative estimate of drug-likeness (QED) is 0.793. The molecule has 0 aliphatic carbocycles. The predicted octanol–water partition coefficient (Wildman–Crippen LogP) is 1.12. The highest BCUT2D eigenvalue weighted by Gasteiger charge is 2.14. The summed E-state index contributed by atoms with van der Waals surface area (Å²) in [5, 5.41) is 0. The van der Waals surface area contributed by atoms with Gasteiger partial charge in [0.25, 0.3) is 0 Å². The minimum Gasteiger partial charge on any atom is -0.328 e. The normalized spacial score (nSPS) is 13.9. The maximum absolute atomic E-state index is 13.0. The molecule has 84 valence electrons. The van der Waals surface area contributed by atoms with Crippen LogP contribution in [0, 0.1) is 5.82 Å². The molecule has 0 aromatic heterocycles. The standard InChI is InChI=1S/C10H14FNO2S/c1-7(12)5-8-6-9(11)3-4-10(8)15(2,13)14/h3-4,6-7H,5,12H2,1-2H3. The third-order valence-electron chi connectivity index (χ3n) is 1.96. The van der Waals surface area contributed by atoms with Crippen LogP contribution in [0.4, 0.5) is 4.39 Å². The Morgan fingerprint density at radius 2 is 2.07 bits per heavy atom. The molecule has 0 heterocycles. The van der Waals surface area contributed by atoms with Crippen molar-refractivity contribution in [3.05, 3.63) is 29.6 Å². The van der Waals surface area contributed by atoms with E-state index in [9.17, 15) is 12.8 Å². The van der Waals surface area contributed by atoms with Gasteiger partial charge in [-0.15, -0.1) is 0 Å². The fourth-order valence-electron chi connectivity index (χ4n) is 1.42. The summed E-state index contributed by atoms with van der Waals surface area (Å²) in [5.41, 5.74) is 6.01. The fourth-order valence-corrected chi connectivity index (χ4v) is 2.35. The van der Waals surface area contributed by atoms with E-state index in [4.69, 9.17) is 5.73 Å². The molecule has 1 unspecified atom stereocenters. The first-order valence-electron chi connectivity index (χ1n) is 4.55. The summed E-state index contributed by atoms with van der Waals surface area (Å²) in [6.07, 6.45) is 1.45. The average Bonchev–Trinajstić information content (AvgIpc) is 1.99. The lowest BCUT2D eigenvalue weighted by Crippen LogP contribution is -2.19. The smallest absolute Gasteiger partial charge is 0.175 e. The number of hydrogen-bond donors (Lipinski definition) is 1.